The Morgan fingerprint density at radius 1 is 1.11 bits per heavy atom. The van der Waals surface area contributed by atoms with Gasteiger partial charge in [0.15, 0.2) is 0 Å². The van der Waals surface area contributed by atoms with Crippen LogP contribution in [0.1, 0.15) is 16.7 Å². The highest BCUT2D eigenvalue weighted by molar-refractivity contribution is 5.45. The van der Waals surface area contributed by atoms with E-state index in [0.717, 1.165) is 23.2 Å². The van der Waals surface area contributed by atoms with E-state index in [-0.39, 0.29) is 5.75 Å². The van der Waals surface area contributed by atoms with Crippen LogP contribution in [-0.2, 0) is 12.1 Å². The van der Waals surface area contributed by atoms with Gasteiger partial charge >= 0.3 is 0 Å². The average Bonchev–Trinajstić information content (AvgIpc) is 2.38. The van der Waals surface area contributed by atoms with Crippen molar-refractivity contribution in [2.45, 2.75) is 12.1 Å². The predicted molar refractivity (Wildman–Crippen MR) is 73.9 cm³/mol. The number of nitrogens with zero attached hydrogens (tertiary/aromatic N) is 1. The van der Waals surface area contributed by atoms with Gasteiger partial charge in [0.25, 0.3) is 0 Å². The lowest BCUT2D eigenvalue weighted by Crippen LogP contribution is -2.44. The van der Waals surface area contributed by atoms with Crippen LogP contribution in [0.25, 0.3) is 0 Å². The summed E-state index contributed by atoms with van der Waals surface area (Å²) in [6.45, 7) is 1.35. The monoisotopic (exact) mass is 255 g/mol. The molecule has 0 saturated carbocycles. The molecule has 0 fully saturated rings. The van der Waals surface area contributed by atoms with Gasteiger partial charge in [-0.25, -0.2) is 0 Å². The van der Waals surface area contributed by atoms with Crippen molar-refractivity contribution >= 4 is 0 Å². The molecule has 0 amide bonds. The van der Waals surface area contributed by atoms with Crippen LogP contribution in [0, 0.1) is 0 Å². The van der Waals surface area contributed by atoms with Crippen LogP contribution in [0.4, 0.5) is 0 Å². The molecule has 2 N–H and O–H groups in total. The zero-order chi connectivity index (χ0) is 13.5. The Bertz CT molecular complexity index is 611. The summed E-state index contributed by atoms with van der Waals surface area (Å²) in [5.74, 6) is 0.177. The van der Waals surface area contributed by atoms with Gasteiger partial charge in [-0.05, 0) is 35.9 Å². The third kappa shape index (κ3) is 2.01. The fraction of sp³-hybridized carbons (Fsp3) is 0.250. The number of likely N-dealkylation sites (N-methyl/N-ethyl adjacent to an activating group) is 1. The number of hydrogen-bond donors (Lipinski definition) is 2. The van der Waals surface area contributed by atoms with E-state index in [1.807, 2.05) is 37.4 Å². The van der Waals surface area contributed by atoms with E-state index in [1.165, 1.54) is 0 Å². The smallest absolute Gasteiger partial charge is 0.128 e. The van der Waals surface area contributed by atoms with Crippen LogP contribution in [0.3, 0.4) is 0 Å². The maximum absolute atomic E-state index is 11.1. The Labute approximate surface area is 112 Å². The van der Waals surface area contributed by atoms with Crippen molar-refractivity contribution in [3.8, 4) is 5.75 Å². The van der Waals surface area contributed by atoms with Crippen molar-refractivity contribution < 1.29 is 10.2 Å². The van der Waals surface area contributed by atoms with E-state index in [2.05, 4.69) is 4.90 Å². The number of fused-ring (bicyclic) bond motifs is 1. The highest BCUT2D eigenvalue weighted by Gasteiger charge is 2.38. The number of hydrogen-bond acceptors (Lipinski definition) is 3. The summed E-state index contributed by atoms with van der Waals surface area (Å²) in [5, 5.41) is 20.8. The molecule has 98 valence electrons. The molecule has 2 aromatic rings. The molecule has 0 saturated heterocycles. The second-order valence-electron chi connectivity index (χ2n) is 5.24. The lowest BCUT2D eigenvalue weighted by Gasteiger charge is -2.39. The van der Waals surface area contributed by atoms with Gasteiger partial charge in [0.05, 0.1) is 0 Å². The van der Waals surface area contributed by atoms with Crippen molar-refractivity contribution in [2.24, 2.45) is 0 Å². The molecule has 0 bridgehead atoms. The van der Waals surface area contributed by atoms with Gasteiger partial charge in [-0.1, -0.05) is 36.4 Å². The molecule has 1 unspecified atom stereocenters. The van der Waals surface area contributed by atoms with E-state index in [9.17, 15) is 10.2 Å². The second-order valence-corrected chi connectivity index (χ2v) is 5.24. The third-order valence-corrected chi connectivity index (χ3v) is 3.73. The number of aliphatic hydroxyl groups is 1. The van der Waals surface area contributed by atoms with Gasteiger partial charge in [-0.15, -0.1) is 0 Å². The molecule has 0 aliphatic carbocycles. The second kappa shape index (κ2) is 4.37. The van der Waals surface area contributed by atoms with Crippen LogP contribution >= 0.6 is 0 Å². The van der Waals surface area contributed by atoms with Gasteiger partial charge in [0, 0.05) is 13.1 Å². The summed E-state index contributed by atoms with van der Waals surface area (Å²) in [4.78, 5) is 2.09. The highest BCUT2D eigenvalue weighted by Crippen LogP contribution is 2.37. The summed E-state index contributed by atoms with van der Waals surface area (Å²) in [6.07, 6.45) is 0. The van der Waals surface area contributed by atoms with Gasteiger partial charge in [0.1, 0.15) is 11.4 Å². The Kier molecular flexibility index (Phi) is 2.81. The maximum atomic E-state index is 11.1. The van der Waals surface area contributed by atoms with E-state index in [1.54, 1.807) is 18.2 Å². The average molecular weight is 255 g/mol. The number of benzene rings is 2. The first-order valence-electron chi connectivity index (χ1n) is 6.38. The van der Waals surface area contributed by atoms with Crippen molar-refractivity contribution in [3.63, 3.8) is 0 Å². The Morgan fingerprint density at radius 3 is 2.68 bits per heavy atom. The summed E-state index contributed by atoms with van der Waals surface area (Å²) in [7, 11) is 1.99. The van der Waals surface area contributed by atoms with E-state index in [0.29, 0.717) is 6.54 Å². The van der Waals surface area contributed by atoms with Crippen LogP contribution in [-0.4, -0.2) is 28.7 Å². The van der Waals surface area contributed by atoms with E-state index < -0.39 is 5.60 Å². The fourth-order valence-corrected chi connectivity index (χ4v) is 2.89. The van der Waals surface area contributed by atoms with Gasteiger partial charge < -0.3 is 10.2 Å². The summed E-state index contributed by atoms with van der Waals surface area (Å²) in [6, 6.07) is 14.8. The Morgan fingerprint density at radius 2 is 1.89 bits per heavy atom. The zero-order valence-electron chi connectivity index (χ0n) is 10.9. The number of β-amino-alcohol motifs (C(OH)–C–C–N with tert-alkyl or cyclic N) is 1. The van der Waals surface area contributed by atoms with Crippen molar-refractivity contribution in [2.75, 3.05) is 13.6 Å². The standard InChI is InChI=1S/C16H17NO2/c1-17-10-12-5-2-3-8-15(12)16(19,11-17)13-6-4-7-14(18)9-13/h2-9,18-19H,10-11H2,1H3. The largest absolute Gasteiger partial charge is 0.508 e. The molecule has 3 rings (SSSR count). The number of aromatic hydroxyl groups is 1. The van der Waals surface area contributed by atoms with Gasteiger partial charge in [0.2, 0.25) is 0 Å². The highest BCUT2D eigenvalue weighted by atomic mass is 16.3. The van der Waals surface area contributed by atoms with Crippen LogP contribution < -0.4 is 0 Å². The number of phenolic OH excluding ortho intramolecular Hbond substituents is 1. The molecular formula is C16H17NO2. The zero-order valence-corrected chi connectivity index (χ0v) is 10.9. The van der Waals surface area contributed by atoms with Crippen LogP contribution in [0.2, 0.25) is 0 Å². The SMILES string of the molecule is CN1Cc2ccccc2C(O)(c2cccc(O)c2)C1. The quantitative estimate of drug-likeness (QED) is 0.820. The molecule has 1 atom stereocenters. The van der Waals surface area contributed by atoms with Crippen LogP contribution in [0.5, 0.6) is 5.75 Å². The molecule has 3 nitrogen and oxygen atoms in total. The molecular weight excluding hydrogens is 238 g/mol. The Hall–Kier alpha value is -1.84. The van der Waals surface area contributed by atoms with Gasteiger partial charge in [-0.3, -0.25) is 4.90 Å². The molecule has 1 aliphatic rings. The number of rotatable bonds is 1. The minimum Gasteiger partial charge on any atom is -0.508 e. The summed E-state index contributed by atoms with van der Waals surface area (Å²) < 4.78 is 0. The third-order valence-electron chi connectivity index (χ3n) is 3.73. The van der Waals surface area contributed by atoms with E-state index in [4.69, 9.17) is 0 Å². The Balaban J connectivity index is 2.18. The van der Waals surface area contributed by atoms with Crippen molar-refractivity contribution in [1.29, 1.82) is 0 Å². The minimum atomic E-state index is -1.07. The lowest BCUT2D eigenvalue weighted by molar-refractivity contribution is 0.0281. The lowest BCUT2D eigenvalue weighted by atomic mass is 9.80. The van der Waals surface area contributed by atoms with Gasteiger partial charge in [-0.2, -0.15) is 0 Å². The molecule has 0 spiro atoms. The maximum Gasteiger partial charge on any atom is 0.128 e. The normalized spacial score (nSPS) is 23.1. The molecule has 3 heteroatoms. The van der Waals surface area contributed by atoms with E-state index >= 15 is 0 Å². The molecule has 1 heterocycles. The molecule has 19 heavy (non-hydrogen) atoms. The minimum absolute atomic E-state index is 0.177. The molecule has 2 aromatic carbocycles. The summed E-state index contributed by atoms with van der Waals surface area (Å²) >= 11 is 0. The summed E-state index contributed by atoms with van der Waals surface area (Å²) in [5.41, 5.74) is 1.72. The molecule has 1 aliphatic heterocycles. The predicted octanol–water partition coefficient (Wildman–Crippen LogP) is 2.07. The fourth-order valence-electron chi connectivity index (χ4n) is 2.89. The van der Waals surface area contributed by atoms with Crippen molar-refractivity contribution in [3.05, 3.63) is 65.2 Å². The number of phenols is 1. The first kappa shape index (κ1) is 12.2. The van der Waals surface area contributed by atoms with Crippen molar-refractivity contribution in [1.82, 2.24) is 4.90 Å². The first-order chi connectivity index (χ1) is 9.09. The molecule has 0 aromatic heterocycles. The van der Waals surface area contributed by atoms with Crippen LogP contribution in [0.15, 0.2) is 48.5 Å². The topological polar surface area (TPSA) is 43.7 Å². The first-order valence-corrected chi connectivity index (χ1v) is 6.38. The molecule has 0 radical (unpaired) electrons.